The number of aryl methyl sites for hydroxylation is 1. The first-order chi connectivity index (χ1) is 11.6. The van der Waals surface area contributed by atoms with Gasteiger partial charge in [-0.2, -0.15) is 0 Å². The van der Waals surface area contributed by atoms with Crippen molar-refractivity contribution in [2.75, 3.05) is 6.54 Å². The molecule has 5 nitrogen and oxygen atoms in total. The normalized spacial score (nSPS) is 12.5. The average Bonchev–Trinajstić information content (AvgIpc) is 2.61. The molecule has 5 heteroatoms. The standard InChI is InChI=1S/C19H23N3O2/c1-3-16-8-7-11-18(12-16)22(14-20-13-19(23)24)21-15(2)17-9-5-4-6-10-17/h4-12,14-15,21H,3,13H2,1-2H3,(H,23,24)/p+1/t15-/m0/s1. The molecule has 0 aliphatic rings. The van der Waals surface area contributed by atoms with E-state index >= 15 is 0 Å². The zero-order valence-corrected chi connectivity index (χ0v) is 14.1. The first kappa shape index (κ1) is 17.5. The lowest BCUT2D eigenvalue weighted by Gasteiger charge is -2.17. The van der Waals surface area contributed by atoms with Gasteiger partial charge >= 0.3 is 5.97 Å². The Morgan fingerprint density at radius 3 is 2.62 bits per heavy atom. The fourth-order valence-corrected chi connectivity index (χ4v) is 2.36. The molecule has 24 heavy (non-hydrogen) atoms. The molecule has 0 aromatic heterocycles. The predicted molar refractivity (Wildman–Crippen MR) is 95.4 cm³/mol. The number of aliphatic carboxylic acids is 1. The molecule has 0 fully saturated rings. The van der Waals surface area contributed by atoms with E-state index in [2.05, 4.69) is 48.9 Å². The summed E-state index contributed by atoms with van der Waals surface area (Å²) in [6.07, 6.45) is 2.60. The van der Waals surface area contributed by atoms with Crippen molar-refractivity contribution < 1.29 is 14.6 Å². The van der Waals surface area contributed by atoms with Gasteiger partial charge in [0.15, 0.2) is 12.2 Å². The van der Waals surface area contributed by atoms with Crippen LogP contribution in [0.4, 0.5) is 5.69 Å². The molecule has 0 unspecified atom stereocenters. The van der Waals surface area contributed by atoms with E-state index in [0.717, 1.165) is 17.7 Å². The molecule has 0 aliphatic heterocycles. The second-order valence-electron chi connectivity index (χ2n) is 5.56. The largest absolute Gasteiger partial charge is 0.478 e. The van der Waals surface area contributed by atoms with Crippen LogP contribution < -0.4 is 10.7 Å². The molecule has 0 amide bonds. The summed E-state index contributed by atoms with van der Waals surface area (Å²) in [7, 11) is 0. The van der Waals surface area contributed by atoms with Gasteiger partial charge in [-0.3, -0.25) is 5.32 Å². The fourth-order valence-electron chi connectivity index (χ4n) is 2.36. The lowest BCUT2D eigenvalue weighted by molar-refractivity contribution is -0.512. The molecule has 2 rings (SSSR count). The molecule has 126 valence electrons. The second kappa shape index (κ2) is 8.72. The molecule has 0 radical (unpaired) electrons. The van der Waals surface area contributed by atoms with Crippen LogP contribution in [0.2, 0.25) is 0 Å². The number of carboxylic acids is 1. The molecule has 0 bridgehead atoms. The number of carbonyl (C=O) groups is 1. The Kier molecular flexibility index (Phi) is 6.37. The van der Waals surface area contributed by atoms with Gasteiger partial charge in [0.25, 0.3) is 6.34 Å². The van der Waals surface area contributed by atoms with Gasteiger partial charge in [0.2, 0.25) is 0 Å². The first-order valence-electron chi connectivity index (χ1n) is 8.08. The minimum Gasteiger partial charge on any atom is -0.478 e. The maximum atomic E-state index is 10.7. The summed E-state index contributed by atoms with van der Waals surface area (Å²) in [5.41, 5.74) is 6.72. The van der Waals surface area contributed by atoms with Crippen LogP contribution in [0, 0.1) is 0 Å². The van der Waals surface area contributed by atoms with E-state index in [9.17, 15) is 4.79 Å². The number of nitrogens with one attached hydrogen (secondary N) is 2. The number of benzene rings is 2. The van der Waals surface area contributed by atoms with Crippen molar-refractivity contribution in [3.8, 4) is 0 Å². The maximum Gasteiger partial charge on any atom is 0.345 e. The van der Waals surface area contributed by atoms with E-state index in [1.54, 1.807) is 6.34 Å². The SMILES string of the molecule is CCc1cccc([N+](=CNCC(=O)O)N[C@@H](C)c2ccccc2)c1. The Balaban J connectivity index is 2.23. The quantitative estimate of drug-likeness (QED) is 0.302. The van der Waals surface area contributed by atoms with Crippen molar-refractivity contribution in [1.82, 2.24) is 10.7 Å². The Hall–Kier alpha value is -2.82. The average molecular weight is 326 g/mol. The monoisotopic (exact) mass is 326 g/mol. The molecule has 3 N–H and O–H groups in total. The highest BCUT2D eigenvalue weighted by Crippen LogP contribution is 2.17. The zero-order chi connectivity index (χ0) is 17.4. The highest BCUT2D eigenvalue weighted by Gasteiger charge is 2.12. The molecular weight excluding hydrogens is 302 g/mol. The number of nitrogens with zero attached hydrogens (tertiary/aromatic N) is 1. The molecule has 0 aliphatic carbocycles. The van der Waals surface area contributed by atoms with Crippen molar-refractivity contribution in [2.24, 2.45) is 0 Å². The number of hydrogen-bond acceptors (Lipinski definition) is 2. The molecule has 2 aromatic rings. The lowest BCUT2D eigenvalue weighted by Crippen LogP contribution is -2.34. The zero-order valence-electron chi connectivity index (χ0n) is 14.1. The highest BCUT2D eigenvalue weighted by atomic mass is 16.4. The number of carboxylic acid groups (broad SMARTS) is 1. The summed E-state index contributed by atoms with van der Waals surface area (Å²) in [6.45, 7) is 4.04. The topological polar surface area (TPSA) is 64.4 Å². The first-order valence-corrected chi connectivity index (χ1v) is 8.08. The Bertz CT molecular complexity index is 699. The van der Waals surface area contributed by atoms with Gasteiger partial charge in [-0.05, 0) is 36.6 Å². The minimum atomic E-state index is -0.899. The van der Waals surface area contributed by atoms with E-state index in [-0.39, 0.29) is 12.6 Å². The van der Waals surface area contributed by atoms with Crippen molar-refractivity contribution in [3.63, 3.8) is 0 Å². The number of hydrazine groups is 1. The van der Waals surface area contributed by atoms with Gasteiger partial charge in [0.05, 0.1) is 6.04 Å². The van der Waals surface area contributed by atoms with Gasteiger partial charge in [-0.15, -0.1) is 4.68 Å². The van der Waals surface area contributed by atoms with Gasteiger partial charge in [0.1, 0.15) is 0 Å². The fraction of sp³-hybridized carbons (Fsp3) is 0.263. The van der Waals surface area contributed by atoms with Crippen molar-refractivity contribution in [1.29, 1.82) is 0 Å². The van der Waals surface area contributed by atoms with Crippen LogP contribution in [-0.4, -0.2) is 28.6 Å². The molecule has 2 aromatic carbocycles. The summed E-state index contributed by atoms with van der Waals surface area (Å²) in [5, 5.41) is 11.6. The highest BCUT2D eigenvalue weighted by molar-refractivity contribution is 5.72. The van der Waals surface area contributed by atoms with E-state index < -0.39 is 5.97 Å². The summed E-state index contributed by atoms with van der Waals surface area (Å²) >= 11 is 0. The Morgan fingerprint density at radius 2 is 1.96 bits per heavy atom. The molecule has 0 saturated carbocycles. The maximum absolute atomic E-state index is 10.7. The van der Waals surface area contributed by atoms with Crippen LogP contribution in [0.25, 0.3) is 0 Å². The summed E-state index contributed by atoms with van der Waals surface area (Å²) in [4.78, 5) is 10.7. The van der Waals surface area contributed by atoms with Crippen LogP contribution in [-0.2, 0) is 11.2 Å². The Labute approximate surface area is 142 Å². The number of rotatable bonds is 8. The molecule has 0 spiro atoms. The predicted octanol–water partition coefficient (Wildman–Crippen LogP) is 2.86. The van der Waals surface area contributed by atoms with E-state index in [4.69, 9.17) is 5.11 Å². The van der Waals surface area contributed by atoms with Crippen LogP contribution >= 0.6 is 0 Å². The third-order valence-electron chi connectivity index (χ3n) is 3.70. The summed E-state index contributed by atoms with van der Waals surface area (Å²) in [6, 6.07) is 18.3. The van der Waals surface area contributed by atoms with Crippen molar-refractivity contribution in [3.05, 3.63) is 65.7 Å². The van der Waals surface area contributed by atoms with Crippen LogP contribution in [0.3, 0.4) is 0 Å². The van der Waals surface area contributed by atoms with Crippen molar-refractivity contribution in [2.45, 2.75) is 26.3 Å². The van der Waals surface area contributed by atoms with Gasteiger partial charge in [-0.1, -0.05) is 49.4 Å². The third-order valence-corrected chi connectivity index (χ3v) is 3.70. The van der Waals surface area contributed by atoms with Gasteiger partial charge in [-0.25, -0.2) is 10.2 Å². The molecular formula is C19H24N3O2+. The molecule has 1 atom stereocenters. The third kappa shape index (κ3) is 5.12. The lowest BCUT2D eigenvalue weighted by atomic mass is 10.1. The minimum absolute atomic E-state index is 0.0689. The van der Waals surface area contributed by atoms with Gasteiger partial charge < -0.3 is 5.11 Å². The van der Waals surface area contributed by atoms with Crippen LogP contribution in [0.15, 0.2) is 54.6 Å². The molecule has 0 saturated heterocycles. The van der Waals surface area contributed by atoms with Gasteiger partial charge in [0, 0.05) is 0 Å². The van der Waals surface area contributed by atoms with Crippen molar-refractivity contribution >= 4 is 18.0 Å². The summed E-state index contributed by atoms with van der Waals surface area (Å²) < 4.78 is 1.83. The Morgan fingerprint density at radius 1 is 1.21 bits per heavy atom. The number of hydrazone groups is 1. The van der Waals surface area contributed by atoms with E-state index in [1.165, 1.54) is 5.56 Å². The van der Waals surface area contributed by atoms with Crippen LogP contribution in [0.5, 0.6) is 0 Å². The molecule has 0 heterocycles. The summed E-state index contributed by atoms with van der Waals surface area (Å²) in [5.74, 6) is -0.899. The van der Waals surface area contributed by atoms with E-state index in [0.29, 0.717) is 0 Å². The second-order valence-corrected chi connectivity index (χ2v) is 5.56. The smallest absolute Gasteiger partial charge is 0.345 e. The van der Waals surface area contributed by atoms with Crippen LogP contribution in [0.1, 0.15) is 31.0 Å². The van der Waals surface area contributed by atoms with E-state index in [1.807, 2.05) is 35.0 Å². The number of hydrogen-bond donors (Lipinski definition) is 3.